The molecule has 1 amide bonds. The topological polar surface area (TPSA) is 97.7 Å². The fourth-order valence-corrected chi connectivity index (χ4v) is 5.43. The van der Waals surface area contributed by atoms with Crippen molar-refractivity contribution < 1.29 is 22.7 Å². The average Bonchev–Trinajstić information content (AvgIpc) is 3.32. The first-order valence-corrected chi connectivity index (χ1v) is 11.8. The van der Waals surface area contributed by atoms with E-state index in [0.717, 1.165) is 10.0 Å². The number of hydrogen-bond donors (Lipinski definition) is 1. The van der Waals surface area contributed by atoms with Crippen molar-refractivity contribution in [3.8, 4) is 0 Å². The molecule has 0 spiro atoms. The number of nitrogens with zero attached hydrogens (tertiary/aromatic N) is 2. The highest BCUT2D eigenvalue weighted by atomic mass is 79.9. The molecule has 1 fully saturated rings. The smallest absolute Gasteiger partial charge is 0.354 e. The Morgan fingerprint density at radius 2 is 2.03 bits per heavy atom. The van der Waals surface area contributed by atoms with Crippen molar-refractivity contribution in [3.63, 3.8) is 0 Å². The first-order valence-electron chi connectivity index (χ1n) is 9.57. The minimum atomic E-state index is -3.95. The Hall–Kier alpha value is -2.17. The molecule has 1 saturated heterocycles. The molecule has 1 aliphatic rings. The molecule has 0 radical (unpaired) electrons. The summed E-state index contributed by atoms with van der Waals surface area (Å²) in [6, 6.07) is 5.88. The number of carbonyl (C=O) groups excluding carboxylic acids is 2. The summed E-state index contributed by atoms with van der Waals surface area (Å²) in [5, 5.41) is 2.81. The summed E-state index contributed by atoms with van der Waals surface area (Å²) in [5.41, 5.74) is 1.70. The SMILES string of the molecule is CCOC(=O)c1cc(S(=O)(=O)N2CCC[C@H]2C(=O)Nc2ccc(Br)c(C)c2)cn1C. The van der Waals surface area contributed by atoms with Gasteiger partial charge in [-0.2, -0.15) is 4.31 Å². The number of rotatable bonds is 6. The number of sulfonamides is 1. The Morgan fingerprint density at radius 3 is 2.70 bits per heavy atom. The number of ether oxygens (including phenoxy) is 1. The number of carbonyl (C=O) groups is 2. The number of esters is 1. The summed E-state index contributed by atoms with van der Waals surface area (Å²) in [6.07, 6.45) is 2.37. The third-order valence-corrected chi connectivity index (χ3v) is 7.77. The van der Waals surface area contributed by atoms with E-state index in [1.54, 1.807) is 20.0 Å². The lowest BCUT2D eigenvalue weighted by Gasteiger charge is -2.23. The Morgan fingerprint density at radius 1 is 1.30 bits per heavy atom. The lowest BCUT2D eigenvalue weighted by atomic mass is 10.2. The Bertz CT molecular complexity index is 1080. The second-order valence-electron chi connectivity index (χ2n) is 7.12. The highest BCUT2D eigenvalue weighted by molar-refractivity contribution is 9.10. The molecular formula is C20H24BrN3O5S. The molecule has 0 saturated carbocycles. The first-order chi connectivity index (χ1) is 14.1. The number of nitrogens with one attached hydrogen (secondary N) is 1. The van der Waals surface area contributed by atoms with Crippen LogP contribution in [-0.4, -0.2) is 48.4 Å². The molecule has 1 atom stereocenters. The van der Waals surface area contributed by atoms with Gasteiger partial charge < -0.3 is 14.6 Å². The van der Waals surface area contributed by atoms with Crippen LogP contribution in [0.3, 0.4) is 0 Å². The van der Waals surface area contributed by atoms with E-state index in [-0.39, 0.29) is 29.6 Å². The van der Waals surface area contributed by atoms with Crippen LogP contribution in [0.1, 0.15) is 35.8 Å². The highest BCUT2D eigenvalue weighted by Gasteiger charge is 2.40. The molecule has 2 aromatic rings. The van der Waals surface area contributed by atoms with Crippen LogP contribution in [0.15, 0.2) is 39.8 Å². The zero-order chi connectivity index (χ0) is 22.1. The summed E-state index contributed by atoms with van der Waals surface area (Å²) >= 11 is 3.42. The highest BCUT2D eigenvalue weighted by Crippen LogP contribution is 2.28. The molecule has 1 N–H and O–H groups in total. The van der Waals surface area contributed by atoms with Gasteiger partial charge >= 0.3 is 5.97 Å². The molecule has 0 aliphatic carbocycles. The van der Waals surface area contributed by atoms with Gasteiger partial charge in [-0.3, -0.25) is 4.79 Å². The maximum absolute atomic E-state index is 13.2. The Labute approximate surface area is 184 Å². The summed E-state index contributed by atoms with van der Waals surface area (Å²) in [5.74, 6) is -0.970. The van der Waals surface area contributed by atoms with Crippen LogP contribution in [0.5, 0.6) is 0 Å². The van der Waals surface area contributed by atoms with E-state index in [4.69, 9.17) is 4.74 Å². The predicted octanol–water partition coefficient (Wildman–Crippen LogP) is 3.06. The molecule has 2 heterocycles. The maximum Gasteiger partial charge on any atom is 0.354 e. The van der Waals surface area contributed by atoms with Crippen LogP contribution < -0.4 is 5.32 Å². The minimum Gasteiger partial charge on any atom is -0.461 e. The minimum absolute atomic E-state index is 0.0350. The van der Waals surface area contributed by atoms with Crippen molar-refractivity contribution in [1.82, 2.24) is 8.87 Å². The fraction of sp³-hybridized carbons (Fsp3) is 0.400. The van der Waals surface area contributed by atoms with E-state index in [2.05, 4.69) is 21.2 Å². The van der Waals surface area contributed by atoms with E-state index in [1.807, 2.05) is 19.1 Å². The summed E-state index contributed by atoms with van der Waals surface area (Å²) in [7, 11) is -2.38. The lowest BCUT2D eigenvalue weighted by molar-refractivity contribution is -0.119. The molecule has 0 unspecified atom stereocenters. The number of aromatic nitrogens is 1. The fourth-order valence-electron chi connectivity index (χ4n) is 3.46. The second kappa shape index (κ2) is 8.91. The van der Waals surface area contributed by atoms with E-state index in [0.29, 0.717) is 18.5 Å². The third kappa shape index (κ3) is 4.45. The van der Waals surface area contributed by atoms with Crippen molar-refractivity contribution >= 4 is 43.5 Å². The maximum atomic E-state index is 13.2. The van der Waals surface area contributed by atoms with E-state index < -0.39 is 22.0 Å². The molecule has 162 valence electrons. The molecule has 10 heteroatoms. The monoisotopic (exact) mass is 497 g/mol. The van der Waals surface area contributed by atoms with Crippen LogP contribution in [0, 0.1) is 6.92 Å². The number of hydrogen-bond acceptors (Lipinski definition) is 5. The van der Waals surface area contributed by atoms with Crippen LogP contribution >= 0.6 is 15.9 Å². The van der Waals surface area contributed by atoms with E-state index in [1.165, 1.54) is 21.1 Å². The van der Waals surface area contributed by atoms with Gasteiger partial charge in [0.25, 0.3) is 0 Å². The van der Waals surface area contributed by atoms with E-state index >= 15 is 0 Å². The van der Waals surface area contributed by atoms with Crippen molar-refractivity contribution in [1.29, 1.82) is 0 Å². The van der Waals surface area contributed by atoms with Gasteiger partial charge in [-0.05, 0) is 56.5 Å². The predicted molar refractivity (Wildman–Crippen MR) is 116 cm³/mol. The molecule has 1 aromatic heterocycles. The molecular weight excluding hydrogens is 474 g/mol. The standard InChI is InChI=1S/C20H24BrN3O5S/c1-4-29-20(26)18-11-15(12-23(18)3)30(27,28)24-9-5-6-17(24)19(25)22-14-7-8-16(21)13(2)10-14/h7-8,10-12,17H,4-6,9H2,1-3H3,(H,22,25)/t17-/m0/s1. The van der Waals surface area contributed by atoms with Crippen LogP contribution in [0.2, 0.25) is 0 Å². The largest absolute Gasteiger partial charge is 0.461 e. The van der Waals surface area contributed by atoms with E-state index in [9.17, 15) is 18.0 Å². The van der Waals surface area contributed by atoms with Crippen LogP contribution in [-0.2, 0) is 26.6 Å². The number of anilines is 1. The molecule has 8 nitrogen and oxygen atoms in total. The zero-order valence-electron chi connectivity index (χ0n) is 17.0. The summed E-state index contributed by atoms with van der Waals surface area (Å²) in [6.45, 7) is 4.01. The van der Waals surface area contributed by atoms with Crippen molar-refractivity contribution in [2.75, 3.05) is 18.5 Å². The molecule has 30 heavy (non-hydrogen) atoms. The molecule has 1 aliphatic heterocycles. The first kappa shape index (κ1) is 22.5. The average molecular weight is 498 g/mol. The van der Waals surface area contributed by atoms with Crippen LogP contribution in [0.25, 0.3) is 0 Å². The lowest BCUT2D eigenvalue weighted by Crippen LogP contribution is -2.43. The normalized spacial score (nSPS) is 17.1. The van der Waals surface area contributed by atoms with Gasteiger partial charge in [0.05, 0.1) is 6.61 Å². The van der Waals surface area contributed by atoms with Gasteiger partial charge in [0.1, 0.15) is 16.6 Å². The van der Waals surface area contributed by atoms with Crippen molar-refractivity contribution in [2.24, 2.45) is 7.05 Å². The number of benzene rings is 1. The van der Waals surface area contributed by atoms with Crippen molar-refractivity contribution in [2.45, 2.75) is 37.6 Å². The second-order valence-corrected chi connectivity index (χ2v) is 9.86. The third-order valence-electron chi connectivity index (χ3n) is 5.00. The Kier molecular flexibility index (Phi) is 6.68. The van der Waals surface area contributed by atoms with Crippen molar-refractivity contribution in [3.05, 3.63) is 46.2 Å². The van der Waals surface area contributed by atoms with Gasteiger partial charge in [-0.15, -0.1) is 0 Å². The molecule has 1 aromatic carbocycles. The molecule has 0 bridgehead atoms. The van der Waals surface area contributed by atoms with Gasteiger partial charge in [-0.25, -0.2) is 13.2 Å². The van der Waals surface area contributed by atoms with Crippen LogP contribution in [0.4, 0.5) is 5.69 Å². The van der Waals surface area contributed by atoms with Gasteiger partial charge in [0.2, 0.25) is 15.9 Å². The summed E-state index contributed by atoms with van der Waals surface area (Å²) < 4.78 is 35.0. The Balaban J connectivity index is 1.83. The zero-order valence-corrected chi connectivity index (χ0v) is 19.4. The number of halogens is 1. The molecule has 3 rings (SSSR count). The quantitative estimate of drug-likeness (QED) is 0.618. The number of amides is 1. The summed E-state index contributed by atoms with van der Waals surface area (Å²) in [4.78, 5) is 24.9. The van der Waals surface area contributed by atoms with Gasteiger partial charge in [-0.1, -0.05) is 15.9 Å². The van der Waals surface area contributed by atoms with Gasteiger partial charge in [0.15, 0.2) is 0 Å². The van der Waals surface area contributed by atoms with Gasteiger partial charge in [0, 0.05) is 29.9 Å². The number of aryl methyl sites for hydroxylation is 2.